The highest BCUT2D eigenvalue weighted by molar-refractivity contribution is 9.10. The SMILES string of the molecule is COc1ccc(Br)cc1C=C1N=C(c2ccc(Cl)cc2)OC1=O. The van der Waals surface area contributed by atoms with Crippen molar-refractivity contribution in [3.05, 3.63) is 68.8 Å². The summed E-state index contributed by atoms with van der Waals surface area (Å²) in [6.07, 6.45) is 1.63. The summed E-state index contributed by atoms with van der Waals surface area (Å²) in [4.78, 5) is 16.3. The molecular weight excluding hydrogens is 382 g/mol. The number of aliphatic imine (C=N–C) groups is 1. The highest BCUT2D eigenvalue weighted by Gasteiger charge is 2.24. The maximum atomic E-state index is 12.0. The van der Waals surface area contributed by atoms with Crippen molar-refractivity contribution >= 4 is 45.5 Å². The quantitative estimate of drug-likeness (QED) is 0.572. The molecule has 23 heavy (non-hydrogen) atoms. The summed E-state index contributed by atoms with van der Waals surface area (Å²) in [6, 6.07) is 12.4. The van der Waals surface area contributed by atoms with E-state index in [4.69, 9.17) is 21.1 Å². The van der Waals surface area contributed by atoms with Crippen LogP contribution in [0.3, 0.4) is 0 Å². The Morgan fingerprint density at radius 1 is 1.22 bits per heavy atom. The second kappa shape index (κ2) is 6.56. The van der Waals surface area contributed by atoms with E-state index < -0.39 is 5.97 Å². The van der Waals surface area contributed by atoms with Crippen molar-refractivity contribution in [3.8, 4) is 5.75 Å². The van der Waals surface area contributed by atoms with E-state index in [1.807, 2.05) is 12.1 Å². The van der Waals surface area contributed by atoms with Crippen LogP contribution in [0.1, 0.15) is 11.1 Å². The van der Waals surface area contributed by atoms with Crippen LogP contribution in [-0.2, 0) is 9.53 Å². The Morgan fingerprint density at radius 2 is 1.96 bits per heavy atom. The van der Waals surface area contributed by atoms with Gasteiger partial charge in [0.15, 0.2) is 5.70 Å². The zero-order valence-electron chi connectivity index (χ0n) is 12.0. The molecule has 1 aliphatic heterocycles. The molecule has 0 unspecified atom stereocenters. The van der Waals surface area contributed by atoms with Gasteiger partial charge in [0.2, 0.25) is 5.90 Å². The van der Waals surface area contributed by atoms with Gasteiger partial charge in [-0.25, -0.2) is 9.79 Å². The first kappa shape index (κ1) is 15.8. The van der Waals surface area contributed by atoms with Crippen molar-refractivity contribution in [1.82, 2.24) is 0 Å². The van der Waals surface area contributed by atoms with Crippen LogP contribution in [0.5, 0.6) is 5.75 Å². The van der Waals surface area contributed by atoms with E-state index in [1.54, 1.807) is 43.5 Å². The first-order valence-electron chi connectivity index (χ1n) is 6.69. The molecule has 2 aromatic rings. The molecular formula is C17H11BrClNO3. The van der Waals surface area contributed by atoms with Crippen LogP contribution in [0.2, 0.25) is 5.02 Å². The zero-order valence-corrected chi connectivity index (χ0v) is 14.4. The van der Waals surface area contributed by atoms with Gasteiger partial charge < -0.3 is 9.47 Å². The Labute approximate surface area is 146 Å². The standard InChI is InChI=1S/C17H11BrClNO3/c1-22-15-7-4-12(18)8-11(15)9-14-17(21)23-16(20-14)10-2-5-13(19)6-3-10/h2-9H,1H3. The second-order valence-electron chi connectivity index (χ2n) is 4.73. The zero-order chi connectivity index (χ0) is 16.4. The number of benzene rings is 2. The molecule has 6 heteroatoms. The Kier molecular flexibility index (Phi) is 4.50. The molecule has 0 aliphatic carbocycles. The Balaban J connectivity index is 1.98. The number of carbonyl (C=O) groups is 1. The van der Waals surface area contributed by atoms with Crippen molar-refractivity contribution in [2.24, 2.45) is 4.99 Å². The van der Waals surface area contributed by atoms with Crippen molar-refractivity contribution in [1.29, 1.82) is 0 Å². The van der Waals surface area contributed by atoms with Crippen LogP contribution in [0.25, 0.3) is 6.08 Å². The summed E-state index contributed by atoms with van der Waals surface area (Å²) < 4.78 is 11.4. The van der Waals surface area contributed by atoms with Crippen LogP contribution < -0.4 is 4.74 Å². The number of cyclic esters (lactones) is 1. The molecule has 0 N–H and O–H groups in total. The number of hydrogen-bond acceptors (Lipinski definition) is 4. The normalized spacial score (nSPS) is 15.5. The third-order valence-corrected chi connectivity index (χ3v) is 3.94. The molecule has 0 aromatic heterocycles. The lowest BCUT2D eigenvalue weighted by atomic mass is 10.1. The van der Waals surface area contributed by atoms with E-state index in [-0.39, 0.29) is 11.6 Å². The summed E-state index contributed by atoms with van der Waals surface area (Å²) in [5.41, 5.74) is 1.63. The van der Waals surface area contributed by atoms with Gasteiger partial charge in [0.25, 0.3) is 0 Å². The lowest BCUT2D eigenvalue weighted by Crippen LogP contribution is -2.05. The Bertz CT molecular complexity index is 828. The summed E-state index contributed by atoms with van der Waals surface area (Å²) in [7, 11) is 1.57. The van der Waals surface area contributed by atoms with Crippen molar-refractivity contribution in [3.63, 3.8) is 0 Å². The molecule has 3 rings (SSSR count). The van der Waals surface area contributed by atoms with Gasteiger partial charge in [0.05, 0.1) is 7.11 Å². The minimum atomic E-state index is -0.503. The molecule has 0 fully saturated rings. The third-order valence-electron chi connectivity index (χ3n) is 3.20. The van der Waals surface area contributed by atoms with Crippen molar-refractivity contribution in [2.75, 3.05) is 7.11 Å². The van der Waals surface area contributed by atoms with Gasteiger partial charge in [0.1, 0.15) is 5.75 Å². The number of halogens is 2. The van der Waals surface area contributed by atoms with Gasteiger partial charge in [-0.15, -0.1) is 0 Å². The monoisotopic (exact) mass is 391 g/mol. The maximum Gasteiger partial charge on any atom is 0.363 e. The number of ether oxygens (including phenoxy) is 2. The van der Waals surface area contributed by atoms with Crippen molar-refractivity contribution in [2.45, 2.75) is 0 Å². The smallest absolute Gasteiger partial charge is 0.363 e. The fourth-order valence-corrected chi connectivity index (χ4v) is 2.60. The molecule has 116 valence electrons. The van der Waals surface area contributed by atoms with Gasteiger partial charge >= 0.3 is 5.97 Å². The largest absolute Gasteiger partial charge is 0.496 e. The lowest BCUT2D eigenvalue weighted by molar-refractivity contribution is -0.129. The van der Waals surface area contributed by atoms with E-state index in [0.29, 0.717) is 16.3 Å². The van der Waals surface area contributed by atoms with Gasteiger partial charge in [-0.2, -0.15) is 0 Å². The van der Waals surface area contributed by atoms with E-state index >= 15 is 0 Å². The van der Waals surface area contributed by atoms with E-state index in [0.717, 1.165) is 10.0 Å². The molecule has 0 bridgehead atoms. The first-order chi connectivity index (χ1) is 11.1. The minimum Gasteiger partial charge on any atom is -0.496 e. The molecule has 0 saturated heterocycles. The molecule has 4 nitrogen and oxygen atoms in total. The van der Waals surface area contributed by atoms with Gasteiger partial charge in [-0.1, -0.05) is 27.5 Å². The Hall–Kier alpha value is -2.11. The topological polar surface area (TPSA) is 47.9 Å². The number of carbonyl (C=O) groups excluding carboxylic acids is 1. The summed E-state index contributed by atoms with van der Waals surface area (Å²) in [5.74, 6) is 0.396. The molecule has 0 spiro atoms. The second-order valence-corrected chi connectivity index (χ2v) is 6.08. The highest BCUT2D eigenvalue weighted by atomic mass is 79.9. The molecule has 1 aliphatic rings. The predicted molar refractivity (Wildman–Crippen MR) is 92.8 cm³/mol. The van der Waals surface area contributed by atoms with Crippen LogP contribution in [-0.4, -0.2) is 19.0 Å². The van der Waals surface area contributed by atoms with Gasteiger partial charge in [-0.05, 0) is 48.5 Å². The molecule has 0 atom stereocenters. The Morgan fingerprint density at radius 3 is 2.65 bits per heavy atom. The summed E-state index contributed by atoms with van der Waals surface area (Å²) >= 11 is 9.25. The third kappa shape index (κ3) is 3.46. The summed E-state index contributed by atoms with van der Waals surface area (Å²) in [5, 5.41) is 0.605. The fraction of sp³-hybridized carbons (Fsp3) is 0.0588. The average molecular weight is 393 g/mol. The number of nitrogens with zero attached hydrogens (tertiary/aromatic N) is 1. The van der Waals surface area contributed by atoms with E-state index in [1.165, 1.54) is 0 Å². The number of rotatable bonds is 3. The van der Waals surface area contributed by atoms with Crippen LogP contribution in [0.4, 0.5) is 0 Å². The predicted octanol–water partition coefficient (Wildman–Crippen LogP) is 4.46. The van der Waals surface area contributed by atoms with E-state index in [9.17, 15) is 4.79 Å². The molecule has 0 radical (unpaired) electrons. The molecule has 1 heterocycles. The minimum absolute atomic E-state index is 0.214. The maximum absolute atomic E-state index is 12.0. The van der Waals surface area contributed by atoms with Gasteiger partial charge in [-0.3, -0.25) is 0 Å². The van der Waals surface area contributed by atoms with Crippen molar-refractivity contribution < 1.29 is 14.3 Å². The van der Waals surface area contributed by atoms with E-state index in [2.05, 4.69) is 20.9 Å². The van der Waals surface area contributed by atoms with Crippen LogP contribution >= 0.6 is 27.5 Å². The number of esters is 1. The lowest BCUT2D eigenvalue weighted by Gasteiger charge is -2.04. The first-order valence-corrected chi connectivity index (χ1v) is 7.86. The average Bonchev–Trinajstić information content (AvgIpc) is 2.89. The fourth-order valence-electron chi connectivity index (χ4n) is 2.09. The molecule has 2 aromatic carbocycles. The van der Waals surface area contributed by atoms with Crippen LogP contribution in [0, 0.1) is 0 Å². The highest BCUT2D eigenvalue weighted by Crippen LogP contribution is 2.27. The molecule has 0 amide bonds. The number of methoxy groups -OCH3 is 1. The van der Waals surface area contributed by atoms with Crippen LogP contribution in [0.15, 0.2) is 57.6 Å². The number of hydrogen-bond donors (Lipinski definition) is 0. The summed E-state index contributed by atoms with van der Waals surface area (Å²) in [6.45, 7) is 0. The van der Waals surface area contributed by atoms with Gasteiger partial charge in [0, 0.05) is 20.6 Å². The molecule has 0 saturated carbocycles.